The number of ether oxygens (including phenoxy) is 1. The molecule has 1 unspecified atom stereocenters. The summed E-state index contributed by atoms with van der Waals surface area (Å²) in [6.07, 6.45) is 5.39. The molecular weight excluding hydrogens is 342 g/mol. The van der Waals surface area contributed by atoms with Crippen molar-refractivity contribution in [2.75, 3.05) is 36.0 Å². The highest BCUT2D eigenvalue weighted by Crippen LogP contribution is 2.29. The molecule has 3 aromatic rings. The normalized spacial score (nSPS) is 19.3. The second kappa shape index (κ2) is 6.59. The van der Waals surface area contributed by atoms with Crippen molar-refractivity contribution < 1.29 is 9.53 Å². The van der Waals surface area contributed by atoms with Crippen molar-refractivity contribution in [2.24, 2.45) is 0 Å². The molecule has 1 fully saturated rings. The number of hydrogen-bond donors (Lipinski definition) is 0. The van der Waals surface area contributed by atoms with Crippen LogP contribution in [-0.2, 0) is 16.0 Å². The van der Waals surface area contributed by atoms with Gasteiger partial charge in [0.15, 0.2) is 6.10 Å². The summed E-state index contributed by atoms with van der Waals surface area (Å²) in [6, 6.07) is 9.98. The fourth-order valence-electron chi connectivity index (χ4n) is 3.88. The smallest absolute Gasteiger partial charge is 0.257 e. The molecule has 7 heteroatoms. The summed E-state index contributed by atoms with van der Waals surface area (Å²) in [4.78, 5) is 30.0. The standard InChI is InChI=1S/C20H19N5O2/c26-20(25-8-6-14-3-1-2-4-17(14)25)18-12-24(9-10-27-18)19-15-5-7-21-11-16(15)22-13-23-19/h1-5,7,11,13,18H,6,8-10,12H2. The van der Waals surface area contributed by atoms with Crippen LogP contribution in [0, 0.1) is 0 Å². The Bertz CT molecular complexity index is 1000. The molecule has 4 heterocycles. The Morgan fingerprint density at radius 3 is 3.04 bits per heavy atom. The Kier molecular flexibility index (Phi) is 3.94. The van der Waals surface area contributed by atoms with E-state index in [9.17, 15) is 4.79 Å². The first kappa shape index (κ1) is 16.1. The molecule has 0 bridgehead atoms. The molecule has 1 atom stereocenters. The maximum Gasteiger partial charge on any atom is 0.257 e. The van der Waals surface area contributed by atoms with Gasteiger partial charge < -0.3 is 14.5 Å². The average molecular weight is 361 g/mol. The van der Waals surface area contributed by atoms with E-state index >= 15 is 0 Å². The lowest BCUT2D eigenvalue weighted by atomic mass is 10.1. The minimum absolute atomic E-state index is 0.0182. The van der Waals surface area contributed by atoms with Crippen LogP contribution in [0.4, 0.5) is 11.5 Å². The summed E-state index contributed by atoms with van der Waals surface area (Å²) >= 11 is 0. The molecule has 7 nitrogen and oxygen atoms in total. The lowest BCUT2D eigenvalue weighted by Gasteiger charge is -2.35. The number of anilines is 2. The average Bonchev–Trinajstić information content (AvgIpc) is 3.17. The highest BCUT2D eigenvalue weighted by molar-refractivity contribution is 5.99. The highest BCUT2D eigenvalue weighted by atomic mass is 16.5. The first-order valence-electron chi connectivity index (χ1n) is 9.12. The molecule has 5 rings (SSSR count). The highest BCUT2D eigenvalue weighted by Gasteiger charge is 2.34. The van der Waals surface area contributed by atoms with Crippen molar-refractivity contribution in [3.8, 4) is 0 Å². The minimum atomic E-state index is -0.503. The number of fused-ring (bicyclic) bond motifs is 2. The van der Waals surface area contributed by atoms with Crippen LogP contribution in [0.1, 0.15) is 5.56 Å². The number of rotatable bonds is 2. The van der Waals surface area contributed by atoms with Gasteiger partial charge in [-0.3, -0.25) is 9.78 Å². The Hall–Kier alpha value is -3.06. The van der Waals surface area contributed by atoms with Crippen LogP contribution in [0.5, 0.6) is 0 Å². The lowest BCUT2D eigenvalue weighted by Crippen LogP contribution is -2.51. The Morgan fingerprint density at radius 2 is 2.07 bits per heavy atom. The number of pyridine rings is 1. The molecule has 2 aliphatic heterocycles. The van der Waals surface area contributed by atoms with Gasteiger partial charge in [0, 0.05) is 30.4 Å². The number of morpholine rings is 1. The quantitative estimate of drug-likeness (QED) is 0.693. The van der Waals surface area contributed by atoms with E-state index in [-0.39, 0.29) is 5.91 Å². The van der Waals surface area contributed by atoms with Gasteiger partial charge in [-0.15, -0.1) is 0 Å². The molecule has 1 saturated heterocycles. The van der Waals surface area contributed by atoms with Crippen molar-refractivity contribution in [3.05, 3.63) is 54.6 Å². The second-order valence-corrected chi connectivity index (χ2v) is 6.76. The zero-order chi connectivity index (χ0) is 18.2. The van der Waals surface area contributed by atoms with E-state index in [0.717, 1.165) is 28.8 Å². The zero-order valence-corrected chi connectivity index (χ0v) is 14.8. The van der Waals surface area contributed by atoms with Crippen LogP contribution in [0.3, 0.4) is 0 Å². The van der Waals surface area contributed by atoms with Crippen LogP contribution in [0.25, 0.3) is 10.9 Å². The van der Waals surface area contributed by atoms with Gasteiger partial charge in [0.25, 0.3) is 5.91 Å². The monoisotopic (exact) mass is 361 g/mol. The zero-order valence-electron chi connectivity index (χ0n) is 14.8. The van der Waals surface area contributed by atoms with E-state index in [1.807, 2.05) is 29.2 Å². The van der Waals surface area contributed by atoms with E-state index in [4.69, 9.17) is 4.74 Å². The van der Waals surface area contributed by atoms with E-state index in [2.05, 4.69) is 25.9 Å². The van der Waals surface area contributed by atoms with Gasteiger partial charge in [0.05, 0.1) is 24.9 Å². The van der Waals surface area contributed by atoms with Crippen molar-refractivity contribution in [1.29, 1.82) is 0 Å². The summed E-state index contributed by atoms with van der Waals surface area (Å²) in [5.74, 6) is 0.843. The van der Waals surface area contributed by atoms with Crippen LogP contribution >= 0.6 is 0 Å². The number of carbonyl (C=O) groups is 1. The van der Waals surface area contributed by atoms with Crippen LogP contribution < -0.4 is 9.80 Å². The third kappa shape index (κ3) is 2.80. The van der Waals surface area contributed by atoms with E-state index in [0.29, 0.717) is 26.2 Å². The summed E-state index contributed by atoms with van der Waals surface area (Å²) in [7, 11) is 0. The molecule has 0 aliphatic carbocycles. The molecule has 0 spiro atoms. The summed E-state index contributed by atoms with van der Waals surface area (Å²) in [5, 5.41) is 0.937. The van der Waals surface area contributed by atoms with Gasteiger partial charge in [-0.2, -0.15) is 0 Å². The summed E-state index contributed by atoms with van der Waals surface area (Å²) < 4.78 is 5.84. The molecule has 2 aromatic heterocycles. The predicted molar refractivity (Wildman–Crippen MR) is 102 cm³/mol. The Labute approximate surface area is 156 Å². The van der Waals surface area contributed by atoms with Gasteiger partial charge >= 0.3 is 0 Å². The number of aromatic nitrogens is 3. The van der Waals surface area contributed by atoms with E-state index < -0.39 is 6.10 Å². The Balaban J connectivity index is 1.41. The van der Waals surface area contributed by atoms with Gasteiger partial charge in [0.1, 0.15) is 12.1 Å². The van der Waals surface area contributed by atoms with Crippen molar-refractivity contribution in [3.63, 3.8) is 0 Å². The fourth-order valence-corrected chi connectivity index (χ4v) is 3.88. The number of para-hydroxylation sites is 1. The molecule has 2 aliphatic rings. The molecule has 1 aromatic carbocycles. The first-order valence-corrected chi connectivity index (χ1v) is 9.12. The van der Waals surface area contributed by atoms with Crippen molar-refractivity contribution >= 4 is 28.3 Å². The van der Waals surface area contributed by atoms with Crippen LogP contribution in [0.2, 0.25) is 0 Å². The number of benzene rings is 1. The maximum atomic E-state index is 13.1. The molecule has 27 heavy (non-hydrogen) atoms. The number of amides is 1. The SMILES string of the molecule is O=C(C1CN(c2ncnc3cnccc23)CCO1)N1CCc2ccccc21. The molecule has 0 saturated carbocycles. The fraction of sp³-hybridized carbons (Fsp3) is 0.300. The number of nitrogens with zero attached hydrogens (tertiary/aromatic N) is 5. The predicted octanol–water partition coefficient (Wildman–Crippen LogP) is 1.82. The largest absolute Gasteiger partial charge is 0.365 e. The van der Waals surface area contributed by atoms with Gasteiger partial charge in [-0.25, -0.2) is 9.97 Å². The lowest BCUT2D eigenvalue weighted by molar-refractivity contribution is -0.130. The van der Waals surface area contributed by atoms with E-state index in [1.165, 1.54) is 5.56 Å². The van der Waals surface area contributed by atoms with Crippen LogP contribution in [0.15, 0.2) is 49.1 Å². The van der Waals surface area contributed by atoms with Gasteiger partial charge in [-0.1, -0.05) is 18.2 Å². The molecular formula is C20H19N5O2. The third-order valence-electron chi connectivity index (χ3n) is 5.21. The second-order valence-electron chi connectivity index (χ2n) is 6.76. The maximum absolute atomic E-state index is 13.1. The van der Waals surface area contributed by atoms with Crippen molar-refractivity contribution in [2.45, 2.75) is 12.5 Å². The molecule has 0 radical (unpaired) electrons. The summed E-state index contributed by atoms with van der Waals surface area (Å²) in [6.45, 7) is 2.36. The van der Waals surface area contributed by atoms with E-state index in [1.54, 1.807) is 18.7 Å². The van der Waals surface area contributed by atoms with Gasteiger partial charge in [0.2, 0.25) is 0 Å². The molecule has 136 valence electrons. The van der Waals surface area contributed by atoms with Crippen LogP contribution in [-0.4, -0.2) is 53.2 Å². The third-order valence-corrected chi connectivity index (χ3v) is 5.21. The minimum Gasteiger partial charge on any atom is -0.365 e. The molecule has 0 N–H and O–H groups in total. The number of carbonyl (C=O) groups excluding carboxylic acids is 1. The Morgan fingerprint density at radius 1 is 1.15 bits per heavy atom. The summed E-state index contributed by atoms with van der Waals surface area (Å²) in [5.41, 5.74) is 3.01. The van der Waals surface area contributed by atoms with Gasteiger partial charge in [-0.05, 0) is 24.1 Å². The first-order chi connectivity index (χ1) is 13.3. The van der Waals surface area contributed by atoms with Crippen molar-refractivity contribution in [1.82, 2.24) is 15.0 Å². The topological polar surface area (TPSA) is 71.5 Å². The number of hydrogen-bond acceptors (Lipinski definition) is 6. The molecule has 1 amide bonds.